The van der Waals surface area contributed by atoms with Crippen molar-refractivity contribution in [1.29, 1.82) is 0 Å². The summed E-state index contributed by atoms with van der Waals surface area (Å²) in [6, 6.07) is 8.00. The van der Waals surface area contributed by atoms with Crippen LogP contribution < -0.4 is 10.5 Å². The zero-order valence-electron chi connectivity index (χ0n) is 9.51. The van der Waals surface area contributed by atoms with E-state index in [0.29, 0.717) is 21.0 Å². The Morgan fingerprint density at radius 1 is 1.22 bits per heavy atom. The molecule has 2 aromatic rings. The van der Waals surface area contributed by atoms with Gasteiger partial charge in [0.25, 0.3) is 0 Å². The highest BCUT2D eigenvalue weighted by Gasteiger charge is 2.09. The molecule has 0 fully saturated rings. The number of anilines is 1. The van der Waals surface area contributed by atoms with Crippen LogP contribution in [0.1, 0.15) is 5.56 Å². The second-order valence-corrected chi connectivity index (χ2v) is 5.11. The van der Waals surface area contributed by atoms with Crippen LogP contribution in [0.4, 0.5) is 10.1 Å². The minimum Gasteiger partial charge on any atom is -0.455 e. The molecule has 0 unspecified atom stereocenters. The molecule has 0 atom stereocenters. The van der Waals surface area contributed by atoms with Crippen LogP contribution in [0.15, 0.2) is 34.8 Å². The molecule has 0 aliphatic heterocycles. The van der Waals surface area contributed by atoms with Crippen LogP contribution in [0, 0.1) is 12.7 Å². The van der Waals surface area contributed by atoms with E-state index >= 15 is 0 Å². The van der Waals surface area contributed by atoms with E-state index in [1.807, 2.05) is 13.0 Å². The SMILES string of the molecule is Cc1ccc(Cl)cc1Oc1cc(Br)c(F)cc1N. The van der Waals surface area contributed by atoms with Crippen molar-refractivity contribution in [2.75, 3.05) is 5.73 Å². The van der Waals surface area contributed by atoms with Crippen LogP contribution >= 0.6 is 27.5 Å². The van der Waals surface area contributed by atoms with E-state index in [1.54, 1.807) is 12.1 Å². The van der Waals surface area contributed by atoms with E-state index in [9.17, 15) is 4.39 Å². The monoisotopic (exact) mass is 329 g/mol. The number of halogens is 3. The highest BCUT2D eigenvalue weighted by molar-refractivity contribution is 9.10. The smallest absolute Gasteiger partial charge is 0.151 e. The standard InChI is InChI=1S/C13H10BrClFNO/c1-7-2-3-8(15)4-12(7)18-13-5-9(14)10(16)6-11(13)17/h2-6H,17H2,1H3. The molecule has 2 N–H and O–H groups in total. The van der Waals surface area contributed by atoms with Crippen LogP contribution in [0.3, 0.4) is 0 Å². The molecule has 0 saturated heterocycles. The Bertz CT molecular complexity index is 604. The van der Waals surface area contributed by atoms with Gasteiger partial charge in [0.15, 0.2) is 5.75 Å². The Labute approximate surface area is 118 Å². The summed E-state index contributed by atoms with van der Waals surface area (Å²) in [6.45, 7) is 1.89. The molecule has 2 rings (SSSR count). The zero-order valence-corrected chi connectivity index (χ0v) is 11.8. The second-order valence-electron chi connectivity index (χ2n) is 3.82. The van der Waals surface area contributed by atoms with Crippen molar-refractivity contribution in [1.82, 2.24) is 0 Å². The van der Waals surface area contributed by atoms with Crippen molar-refractivity contribution in [2.45, 2.75) is 6.92 Å². The Balaban J connectivity index is 2.40. The van der Waals surface area contributed by atoms with E-state index in [1.165, 1.54) is 12.1 Å². The van der Waals surface area contributed by atoms with Gasteiger partial charge in [-0.3, -0.25) is 0 Å². The molecule has 0 heterocycles. The largest absolute Gasteiger partial charge is 0.455 e. The predicted octanol–water partition coefficient (Wildman–Crippen LogP) is 4.92. The molecular formula is C13H10BrClFNO. The summed E-state index contributed by atoms with van der Waals surface area (Å²) in [5.74, 6) is 0.545. The van der Waals surface area contributed by atoms with Crippen molar-refractivity contribution in [3.05, 3.63) is 51.2 Å². The van der Waals surface area contributed by atoms with Gasteiger partial charge in [0, 0.05) is 17.2 Å². The van der Waals surface area contributed by atoms with Crippen molar-refractivity contribution in [3.63, 3.8) is 0 Å². The second kappa shape index (κ2) is 5.16. The Hall–Kier alpha value is -1.26. The lowest BCUT2D eigenvalue weighted by Gasteiger charge is -2.11. The van der Waals surface area contributed by atoms with E-state index in [-0.39, 0.29) is 5.69 Å². The van der Waals surface area contributed by atoms with Gasteiger partial charge in [0.2, 0.25) is 0 Å². The van der Waals surface area contributed by atoms with Gasteiger partial charge in [-0.15, -0.1) is 0 Å². The first-order valence-electron chi connectivity index (χ1n) is 5.16. The highest BCUT2D eigenvalue weighted by Crippen LogP contribution is 2.34. The van der Waals surface area contributed by atoms with Crippen LogP contribution in [0.2, 0.25) is 5.02 Å². The van der Waals surface area contributed by atoms with E-state index in [2.05, 4.69) is 15.9 Å². The Kier molecular flexibility index (Phi) is 3.78. The zero-order chi connectivity index (χ0) is 13.3. The molecule has 0 radical (unpaired) electrons. The average molecular weight is 331 g/mol. The summed E-state index contributed by atoms with van der Waals surface area (Å²) in [6.07, 6.45) is 0. The number of nitrogen functional groups attached to an aromatic ring is 1. The minimum atomic E-state index is -0.428. The number of ether oxygens (including phenoxy) is 1. The van der Waals surface area contributed by atoms with Crippen molar-refractivity contribution in [2.24, 2.45) is 0 Å². The fraction of sp³-hybridized carbons (Fsp3) is 0.0769. The van der Waals surface area contributed by atoms with E-state index in [4.69, 9.17) is 22.1 Å². The Morgan fingerprint density at radius 2 is 1.94 bits per heavy atom. The van der Waals surface area contributed by atoms with E-state index in [0.717, 1.165) is 5.56 Å². The summed E-state index contributed by atoms with van der Waals surface area (Å²) < 4.78 is 19.2. The summed E-state index contributed by atoms with van der Waals surface area (Å²) in [5, 5.41) is 0.565. The fourth-order valence-electron chi connectivity index (χ4n) is 1.43. The first-order chi connectivity index (χ1) is 8.47. The third kappa shape index (κ3) is 2.76. The Morgan fingerprint density at radius 3 is 2.67 bits per heavy atom. The molecule has 2 aromatic carbocycles. The molecule has 5 heteroatoms. The fourth-order valence-corrected chi connectivity index (χ4v) is 1.92. The molecule has 0 spiro atoms. The van der Waals surface area contributed by atoms with Gasteiger partial charge in [-0.05, 0) is 40.5 Å². The molecule has 0 amide bonds. The first-order valence-corrected chi connectivity index (χ1v) is 6.33. The lowest BCUT2D eigenvalue weighted by Crippen LogP contribution is -1.95. The number of rotatable bonds is 2. The molecule has 0 bridgehead atoms. The van der Waals surface area contributed by atoms with Crippen LogP contribution in [-0.4, -0.2) is 0 Å². The molecular weight excluding hydrogens is 321 g/mol. The van der Waals surface area contributed by atoms with Crippen LogP contribution in [0.25, 0.3) is 0 Å². The summed E-state index contributed by atoms with van der Waals surface area (Å²) >= 11 is 8.99. The number of nitrogens with two attached hydrogens (primary N) is 1. The van der Waals surface area contributed by atoms with Crippen LogP contribution in [0.5, 0.6) is 11.5 Å². The maximum absolute atomic E-state index is 13.2. The van der Waals surface area contributed by atoms with Gasteiger partial charge < -0.3 is 10.5 Å². The topological polar surface area (TPSA) is 35.2 Å². The normalized spacial score (nSPS) is 10.4. The van der Waals surface area contributed by atoms with E-state index < -0.39 is 5.82 Å². The molecule has 0 aromatic heterocycles. The molecule has 0 saturated carbocycles. The predicted molar refractivity (Wildman–Crippen MR) is 74.8 cm³/mol. The quantitative estimate of drug-likeness (QED) is 0.793. The van der Waals surface area contributed by atoms with Gasteiger partial charge in [-0.25, -0.2) is 4.39 Å². The van der Waals surface area contributed by atoms with Crippen molar-refractivity contribution in [3.8, 4) is 11.5 Å². The van der Waals surface area contributed by atoms with Gasteiger partial charge in [-0.1, -0.05) is 17.7 Å². The maximum Gasteiger partial charge on any atom is 0.151 e. The molecule has 94 valence electrons. The van der Waals surface area contributed by atoms with Gasteiger partial charge in [0.1, 0.15) is 11.6 Å². The number of aryl methyl sites for hydroxylation is 1. The molecule has 0 aliphatic carbocycles. The average Bonchev–Trinajstić information content (AvgIpc) is 2.30. The molecule has 18 heavy (non-hydrogen) atoms. The summed E-state index contributed by atoms with van der Waals surface area (Å²) in [4.78, 5) is 0. The minimum absolute atomic E-state index is 0.232. The lowest BCUT2D eigenvalue weighted by atomic mass is 10.2. The lowest BCUT2D eigenvalue weighted by molar-refractivity contribution is 0.479. The number of benzene rings is 2. The molecule has 2 nitrogen and oxygen atoms in total. The van der Waals surface area contributed by atoms with Gasteiger partial charge in [-0.2, -0.15) is 0 Å². The van der Waals surface area contributed by atoms with Crippen molar-refractivity contribution < 1.29 is 9.13 Å². The number of hydrogen-bond donors (Lipinski definition) is 1. The summed E-state index contributed by atoms with van der Waals surface area (Å²) in [5.41, 5.74) is 6.85. The third-order valence-electron chi connectivity index (χ3n) is 2.42. The first kappa shape index (κ1) is 13.2. The molecule has 0 aliphatic rings. The third-order valence-corrected chi connectivity index (χ3v) is 3.27. The highest BCUT2D eigenvalue weighted by atomic mass is 79.9. The summed E-state index contributed by atoms with van der Waals surface area (Å²) in [7, 11) is 0. The van der Waals surface area contributed by atoms with Gasteiger partial charge >= 0.3 is 0 Å². The van der Waals surface area contributed by atoms with Crippen LogP contribution in [-0.2, 0) is 0 Å². The van der Waals surface area contributed by atoms with Crippen molar-refractivity contribution >= 4 is 33.2 Å². The van der Waals surface area contributed by atoms with Gasteiger partial charge in [0.05, 0.1) is 10.2 Å². The number of hydrogen-bond acceptors (Lipinski definition) is 2. The maximum atomic E-state index is 13.2.